The molecule has 0 unspecified atom stereocenters. The van der Waals surface area contributed by atoms with E-state index in [1.54, 1.807) is 0 Å². The summed E-state index contributed by atoms with van der Waals surface area (Å²) in [6.45, 7) is 7.41. The van der Waals surface area contributed by atoms with Crippen molar-refractivity contribution in [2.75, 3.05) is 18.4 Å². The minimum Gasteiger partial charge on any atom is -0.383 e. The molecule has 0 fully saturated rings. The average molecular weight is 176 g/mol. The van der Waals surface area contributed by atoms with Crippen LogP contribution in [0.3, 0.4) is 0 Å². The Morgan fingerprint density at radius 1 is 1.15 bits per heavy atom. The van der Waals surface area contributed by atoms with Crippen molar-refractivity contribution in [1.82, 2.24) is 5.32 Å². The van der Waals surface area contributed by atoms with Crippen LogP contribution in [0.15, 0.2) is 12.1 Å². The molecule has 0 atom stereocenters. The summed E-state index contributed by atoms with van der Waals surface area (Å²) < 4.78 is 0. The number of fused-ring (bicyclic) bond motifs is 1. The molecule has 2 N–H and O–H groups in total. The van der Waals surface area contributed by atoms with Crippen LogP contribution < -0.4 is 10.6 Å². The molecule has 1 aromatic rings. The molecular formula is C11H16N2. The lowest BCUT2D eigenvalue weighted by atomic mass is 10.0. The third-order valence-electron chi connectivity index (χ3n) is 2.74. The summed E-state index contributed by atoms with van der Waals surface area (Å²) in [5.74, 6) is 0. The van der Waals surface area contributed by atoms with E-state index in [4.69, 9.17) is 0 Å². The first-order chi connectivity index (χ1) is 6.29. The maximum absolute atomic E-state index is 3.47. The lowest BCUT2D eigenvalue weighted by Crippen LogP contribution is -2.16. The SMILES string of the molecule is Cc1ccc2c(c1C)NCCNC2. The summed E-state index contributed by atoms with van der Waals surface area (Å²) in [7, 11) is 0. The number of nitrogens with one attached hydrogen (secondary N) is 2. The molecule has 2 heteroatoms. The van der Waals surface area contributed by atoms with Gasteiger partial charge in [0.05, 0.1) is 0 Å². The first-order valence-electron chi connectivity index (χ1n) is 4.82. The first-order valence-corrected chi connectivity index (χ1v) is 4.82. The van der Waals surface area contributed by atoms with Crippen LogP contribution in [0.4, 0.5) is 5.69 Å². The molecule has 1 aromatic carbocycles. The average Bonchev–Trinajstić information content (AvgIpc) is 2.36. The van der Waals surface area contributed by atoms with Crippen LogP contribution >= 0.6 is 0 Å². The molecule has 1 heterocycles. The van der Waals surface area contributed by atoms with E-state index in [0.717, 1.165) is 19.6 Å². The second-order valence-corrected chi connectivity index (χ2v) is 3.65. The predicted octanol–water partition coefficient (Wildman–Crippen LogP) is 1.82. The largest absolute Gasteiger partial charge is 0.383 e. The van der Waals surface area contributed by atoms with Gasteiger partial charge in [0.2, 0.25) is 0 Å². The van der Waals surface area contributed by atoms with Crippen molar-refractivity contribution in [2.45, 2.75) is 20.4 Å². The van der Waals surface area contributed by atoms with E-state index in [1.807, 2.05) is 0 Å². The van der Waals surface area contributed by atoms with Crippen LogP contribution in [-0.2, 0) is 6.54 Å². The van der Waals surface area contributed by atoms with Crippen LogP contribution in [0, 0.1) is 13.8 Å². The molecule has 2 nitrogen and oxygen atoms in total. The van der Waals surface area contributed by atoms with Crippen LogP contribution in [0.5, 0.6) is 0 Å². The minimum absolute atomic E-state index is 0.990. The molecule has 0 saturated carbocycles. The van der Waals surface area contributed by atoms with Crippen LogP contribution in [0.1, 0.15) is 16.7 Å². The van der Waals surface area contributed by atoms with Gasteiger partial charge in [-0.25, -0.2) is 0 Å². The Kier molecular flexibility index (Phi) is 2.23. The third kappa shape index (κ3) is 1.54. The Bertz CT molecular complexity index is 318. The van der Waals surface area contributed by atoms with E-state index >= 15 is 0 Å². The molecule has 0 radical (unpaired) electrons. The minimum atomic E-state index is 0.990. The fourth-order valence-corrected chi connectivity index (χ4v) is 1.76. The molecule has 0 aromatic heterocycles. The topological polar surface area (TPSA) is 24.1 Å². The summed E-state index contributed by atoms with van der Waals surface area (Å²) in [6, 6.07) is 4.41. The van der Waals surface area contributed by atoms with Gasteiger partial charge in [-0.15, -0.1) is 0 Å². The molecule has 70 valence electrons. The van der Waals surface area contributed by atoms with Crippen molar-refractivity contribution < 1.29 is 0 Å². The third-order valence-corrected chi connectivity index (χ3v) is 2.74. The fourth-order valence-electron chi connectivity index (χ4n) is 1.76. The van der Waals surface area contributed by atoms with Gasteiger partial charge in [0.25, 0.3) is 0 Å². The number of anilines is 1. The summed E-state index contributed by atoms with van der Waals surface area (Å²) in [6.07, 6.45) is 0. The maximum atomic E-state index is 3.47. The highest BCUT2D eigenvalue weighted by Gasteiger charge is 2.09. The highest BCUT2D eigenvalue weighted by atomic mass is 15.0. The van der Waals surface area contributed by atoms with Crippen LogP contribution in [0.25, 0.3) is 0 Å². The van der Waals surface area contributed by atoms with Gasteiger partial charge in [-0.1, -0.05) is 12.1 Å². The lowest BCUT2D eigenvalue weighted by molar-refractivity contribution is 0.725. The monoisotopic (exact) mass is 176 g/mol. The van der Waals surface area contributed by atoms with E-state index in [-0.39, 0.29) is 0 Å². The van der Waals surface area contributed by atoms with Gasteiger partial charge >= 0.3 is 0 Å². The van der Waals surface area contributed by atoms with Gasteiger partial charge in [-0.3, -0.25) is 0 Å². The Morgan fingerprint density at radius 3 is 2.85 bits per heavy atom. The van der Waals surface area contributed by atoms with Crippen molar-refractivity contribution in [1.29, 1.82) is 0 Å². The number of aryl methyl sites for hydroxylation is 1. The highest BCUT2D eigenvalue weighted by molar-refractivity contribution is 5.60. The van der Waals surface area contributed by atoms with Gasteiger partial charge < -0.3 is 10.6 Å². The summed E-state index contributed by atoms with van der Waals surface area (Å²) in [5, 5.41) is 6.86. The molecule has 1 aliphatic rings. The maximum Gasteiger partial charge on any atom is 0.0418 e. The standard InChI is InChI=1S/C11H16N2/c1-8-3-4-10-7-12-5-6-13-11(10)9(8)2/h3-4,12-13H,5-7H2,1-2H3. The summed E-state index contributed by atoms with van der Waals surface area (Å²) in [4.78, 5) is 0. The molecule has 13 heavy (non-hydrogen) atoms. The number of hydrogen-bond acceptors (Lipinski definition) is 2. The molecule has 2 rings (SSSR count). The molecule has 0 amide bonds. The second kappa shape index (κ2) is 3.38. The van der Waals surface area contributed by atoms with Crippen molar-refractivity contribution in [3.63, 3.8) is 0 Å². The smallest absolute Gasteiger partial charge is 0.0418 e. The number of rotatable bonds is 0. The Morgan fingerprint density at radius 2 is 2.00 bits per heavy atom. The molecular weight excluding hydrogens is 160 g/mol. The first kappa shape index (κ1) is 8.57. The predicted molar refractivity (Wildman–Crippen MR) is 56.1 cm³/mol. The van der Waals surface area contributed by atoms with Crippen LogP contribution in [-0.4, -0.2) is 13.1 Å². The van der Waals surface area contributed by atoms with Crippen molar-refractivity contribution in [3.8, 4) is 0 Å². The second-order valence-electron chi connectivity index (χ2n) is 3.65. The zero-order valence-corrected chi connectivity index (χ0v) is 8.28. The highest BCUT2D eigenvalue weighted by Crippen LogP contribution is 2.24. The van der Waals surface area contributed by atoms with Crippen molar-refractivity contribution >= 4 is 5.69 Å². The fraction of sp³-hybridized carbons (Fsp3) is 0.455. The zero-order chi connectivity index (χ0) is 9.26. The summed E-state index contributed by atoms with van der Waals surface area (Å²) >= 11 is 0. The Balaban J connectivity index is 2.48. The lowest BCUT2D eigenvalue weighted by Gasteiger charge is -2.12. The van der Waals surface area contributed by atoms with E-state index in [1.165, 1.54) is 22.4 Å². The number of hydrogen-bond donors (Lipinski definition) is 2. The molecule has 0 saturated heterocycles. The van der Waals surface area contributed by atoms with Gasteiger partial charge in [-0.05, 0) is 30.5 Å². The van der Waals surface area contributed by atoms with Gasteiger partial charge in [0.1, 0.15) is 0 Å². The van der Waals surface area contributed by atoms with Crippen LogP contribution in [0.2, 0.25) is 0 Å². The number of benzene rings is 1. The van der Waals surface area contributed by atoms with Gasteiger partial charge in [-0.2, -0.15) is 0 Å². The van der Waals surface area contributed by atoms with Gasteiger partial charge in [0, 0.05) is 25.3 Å². The molecule has 0 aliphatic carbocycles. The Labute approximate surface area is 79.4 Å². The zero-order valence-electron chi connectivity index (χ0n) is 8.28. The van der Waals surface area contributed by atoms with Crippen molar-refractivity contribution in [2.24, 2.45) is 0 Å². The van der Waals surface area contributed by atoms with Gasteiger partial charge in [0.15, 0.2) is 0 Å². The normalized spacial score (nSPS) is 15.8. The van der Waals surface area contributed by atoms with E-state index < -0.39 is 0 Å². The molecule has 0 spiro atoms. The van der Waals surface area contributed by atoms with E-state index in [0.29, 0.717) is 0 Å². The Hall–Kier alpha value is -1.02. The molecule has 1 aliphatic heterocycles. The van der Waals surface area contributed by atoms with E-state index in [9.17, 15) is 0 Å². The quantitative estimate of drug-likeness (QED) is 0.630. The molecule has 0 bridgehead atoms. The van der Waals surface area contributed by atoms with Crippen molar-refractivity contribution in [3.05, 3.63) is 28.8 Å². The summed E-state index contributed by atoms with van der Waals surface area (Å²) in [5.41, 5.74) is 5.49. The van der Waals surface area contributed by atoms with E-state index in [2.05, 4.69) is 36.6 Å².